The maximum Gasteiger partial charge on any atom is 0.306 e. The van der Waals surface area contributed by atoms with Gasteiger partial charge in [0.25, 0.3) is 0 Å². The molecular formula is C13H21N3O2S. The molecule has 0 aromatic carbocycles. The zero-order valence-corrected chi connectivity index (χ0v) is 12.4. The van der Waals surface area contributed by atoms with E-state index in [1.54, 1.807) is 11.3 Å². The highest BCUT2D eigenvalue weighted by Crippen LogP contribution is 2.12. The van der Waals surface area contributed by atoms with Crippen LogP contribution >= 0.6 is 11.3 Å². The van der Waals surface area contributed by atoms with E-state index in [4.69, 9.17) is 0 Å². The van der Waals surface area contributed by atoms with E-state index < -0.39 is 0 Å². The van der Waals surface area contributed by atoms with Gasteiger partial charge in [-0.1, -0.05) is 0 Å². The maximum absolute atomic E-state index is 11.1. The number of aryl methyl sites for hydroxylation is 1. The molecule has 0 saturated carbocycles. The van der Waals surface area contributed by atoms with Crippen molar-refractivity contribution in [1.29, 1.82) is 0 Å². The van der Waals surface area contributed by atoms with E-state index >= 15 is 0 Å². The molecule has 0 radical (unpaired) electrons. The average molecular weight is 283 g/mol. The fourth-order valence-electron chi connectivity index (χ4n) is 2.23. The van der Waals surface area contributed by atoms with E-state index in [-0.39, 0.29) is 5.97 Å². The zero-order valence-electron chi connectivity index (χ0n) is 11.6. The molecule has 0 spiro atoms. The second kappa shape index (κ2) is 6.98. The van der Waals surface area contributed by atoms with Gasteiger partial charge in [-0.3, -0.25) is 9.69 Å². The second-order valence-electron chi connectivity index (χ2n) is 4.80. The van der Waals surface area contributed by atoms with E-state index in [0.717, 1.165) is 44.3 Å². The number of esters is 1. The van der Waals surface area contributed by atoms with E-state index in [0.29, 0.717) is 6.42 Å². The number of methoxy groups -OCH3 is 1. The van der Waals surface area contributed by atoms with Crippen molar-refractivity contribution in [2.75, 3.05) is 39.8 Å². The van der Waals surface area contributed by atoms with Gasteiger partial charge in [0.05, 0.1) is 24.2 Å². The minimum absolute atomic E-state index is 0.125. The first-order valence-electron chi connectivity index (χ1n) is 6.60. The highest BCUT2D eigenvalue weighted by molar-refractivity contribution is 7.09. The van der Waals surface area contributed by atoms with Crippen molar-refractivity contribution in [1.82, 2.24) is 14.8 Å². The van der Waals surface area contributed by atoms with Gasteiger partial charge in [0.2, 0.25) is 0 Å². The van der Waals surface area contributed by atoms with E-state index in [9.17, 15) is 4.79 Å². The summed E-state index contributed by atoms with van der Waals surface area (Å²) in [6.07, 6.45) is 0.488. The second-order valence-corrected chi connectivity index (χ2v) is 5.86. The normalized spacial score (nSPS) is 17.6. The number of carbonyl (C=O) groups excluding carboxylic acids is 1. The Hall–Kier alpha value is -0.980. The standard InChI is InChI=1S/C13H21N3O2S/c1-11-14-12(10-19-11)9-16-7-5-15(6-8-16)4-3-13(17)18-2/h10H,3-9H2,1-2H3. The number of rotatable bonds is 5. The lowest BCUT2D eigenvalue weighted by Gasteiger charge is -2.34. The summed E-state index contributed by atoms with van der Waals surface area (Å²) in [5, 5.41) is 3.27. The minimum atomic E-state index is -0.125. The van der Waals surface area contributed by atoms with Crippen LogP contribution in [-0.4, -0.2) is 60.6 Å². The molecule has 0 unspecified atom stereocenters. The Bertz CT molecular complexity index is 414. The number of ether oxygens (including phenoxy) is 1. The van der Waals surface area contributed by atoms with E-state index in [1.807, 2.05) is 6.92 Å². The summed E-state index contributed by atoms with van der Waals surface area (Å²) in [5.41, 5.74) is 1.17. The molecule has 1 saturated heterocycles. The van der Waals surface area contributed by atoms with Crippen LogP contribution in [0.15, 0.2) is 5.38 Å². The monoisotopic (exact) mass is 283 g/mol. The predicted molar refractivity (Wildman–Crippen MR) is 75.2 cm³/mol. The van der Waals surface area contributed by atoms with Gasteiger partial charge in [0.15, 0.2) is 0 Å². The molecular weight excluding hydrogens is 262 g/mol. The maximum atomic E-state index is 11.1. The molecule has 1 aliphatic heterocycles. The van der Waals surface area contributed by atoms with Gasteiger partial charge in [-0.05, 0) is 6.92 Å². The topological polar surface area (TPSA) is 45.7 Å². The summed E-state index contributed by atoms with van der Waals surface area (Å²) in [6, 6.07) is 0. The van der Waals surface area contributed by atoms with Gasteiger partial charge >= 0.3 is 5.97 Å². The Kier molecular flexibility index (Phi) is 5.30. The van der Waals surface area contributed by atoms with Gasteiger partial charge in [0.1, 0.15) is 0 Å². The minimum Gasteiger partial charge on any atom is -0.469 e. The molecule has 0 atom stereocenters. The van der Waals surface area contributed by atoms with Crippen molar-refractivity contribution < 1.29 is 9.53 Å². The first kappa shape index (κ1) is 14.4. The number of hydrogen-bond acceptors (Lipinski definition) is 6. The third-order valence-electron chi connectivity index (χ3n) is 3.38. The van der Waals surface area contributed by atoms with E-state index in [1.165, 1.54) is 12.8 Å². The van der Waals surface area contributed by atoms with Crippen LogP contribution in [0.1, 0.15) is 17.1 Å². The summed E-state index contributed by atoms with van der Waals surface area (Å²) >= 11 is 1.71. The quantitative estimate of drug-likeness (QED) is 0.758. The third-order valence-corrected chi connectivity index (χ3v) is 4.20. The van der Waals surface area contributed by atoms with Crippen LogP contribution in [-0.2, 0) is 16.1 Å². The zero-order chi connectivity index (χ0) is 13.7. The molecule has 19 heavy (non-hydrogen) atoms. The molecule has 1 fully saturated rings. The molecule has 6 heteroatoms. The highest BCUT2D eigenvalue weighted by atomic mass is 32.1. The summed E-state index contributed by atoms with van der Waals surface area (Å²) in [4.78, 5) is 20.3. The molecule has 1 aromatic rings. The Balaban J connectivity index is 1.69. The van der Waals surface area contributed by atoms with Crippen molar-refractivity contribution in [2.24, 2.45) is 0 Å². The van der Waals surface area contributed by atoms with Gasteiger partial charge < -0.3 is 9.64 Å². The molecule has 2 heterocycles. The molecule has 0 aliphatic carbocycles. The molecule has 0 bridgehead atoms. The predicted octanol–water partition coefficient (Wildman–Crippen LogP) is 1.13. The Morgan fingerprint density at radius 2 is 2.05 bits per heavy atom. The van der Waals surface area contributed by atoms with Gasteiger partial charge in [-0.2, -0.15) is 0 Å². The Labute approximate surface area is 118 Å². The largest absolute Gasteiger partial charge is 0.469 e. The van der Waals surface area contributed by atoms with Crippen molar-refractivity contribution >= 4 is 17.3 Å². The number of piperazine rings is 1. The van der Waals surface area contributed by atoms with Crippen molar-refractivity contribution in [3.63, 3.8) is 0 Å². The summed E-state index contributed by atoms with van der Waals surface area (Å²) in [7, 11) is 1.44. The molecule has 106 valence electrons. The molecule has 2 rings (SSSR count). The van der Waals surface area contributed by atoms with Crippen LogP contribution in [0.25, 0.3) is 0 Å². The van der Waals surface area contributed by atoms with Crippen LogP contribution in [0.5, 0.6) is 0 Å². The fourth-order valence-corrected chi connectivity index (χ4v) is 2.84. The first-order valence-corrected chi connectivity index (χ1v) is 7.48. The average Bonchev–Trinajstić information content (AvgIpc) is 2.83. The van der Waals surface area contributed by atoms with Crippen LogP contribution < -0.4 is 0 Å². The molecule has 5 nitrogen and oxygen atoms in total. The number of nitrogens with zero attached hydrogens (tertiary/aromatic N) is 3. The lowest BCUT2D eigenvalue weighted by Crippen LogP contribution is -2.46. The van der Waals surface area contributed by atoms with Crippen molar-refractivity contribution in [2.45, 2.75) is 19.9 Å². The third kappa shape index (κ3) is 4.56. The SMILES string of the molecule is COC(=O)CCN1CCN(Cc2csc(C)n2)CC1. The molecule has 1 aromatic heterocycles. The number of aromatic nitrogens is 1. The Morgan fingerprint density at radius 3 is 2.63 bits per heavy atom. The lowest BCUT2D eigenvalue weighted by molar-refractivity contribution is -0.141. The summed E-state index contributed by atoms with van der Waals surface area (Å²) in [5.74, 6) is -0.125. The van der Waals surface area contributed by atoms with Crippen LogP contribution in [0, 0.1) is 6.92 Å². The number of hydrogen-bond donors (Lipinski definition) is 0. The first-order chi connectivity index (χ1) is 9.17. The van der Waals surface area contributed by atoms with Crippen LogP contribution in [0.4, 0.5) is 0 Å². The summed E-state index contributed by atoms with van der Waals surface area (Å²) < 4.78 is 4.66. The highest BCUT2D eigenvalue weighted by Gasteiger charge is 2.18. The van der Waals surface area contributed by atoms with Crippen molar-refractivity contribution in [3.8, 4) is 0 Å². The summed E-state index contributed by atoms with van der Waals surface area (Å²) in [6.45, 7) is 7.89. The fraction of sp³-hybridized carbons (Fsp3) is 0.692. The lowest BCUT2D eigenvalue weighted by atomic mass is 10.2. The van der Waals surface area contributed by atoms with Crippen LogP contribution in [0.3, 0.4) is 0 Å². The van der Waals surface area contributed by atoms with Crippen LogP contribution in [0.2, 0.25) is 0 Å². The molecule has 0 amide bonds. The van der Waals surface area contributed by atoms with E-state index in [2.05, 4.69) is 24.9 Å². The Morgan fingerprint density at radius 1 is 1.37 bits per heavy atom. The van der Waals surface area contributed by atoms with Crippen molar-refractivity contribution in [3.05, 3.63) is 16.1 Å². The van der Waals surface area contributed by atoms with Gasteiger partial charge in [-0.25, -0.2) is 4.98 Å². The smallest absolute Gasteiger partial charge is 0.306 e. The van der Waals surface area contributed by atoms with Gasteiger partial charge in [-0.15, -0.1) is 11.3 Å². The molecule has 1 aliphatic rings. The number of thiazole rings is 1. The number of carbonyl (C=O) groups is 1. The van der Waals surface area contributed by atoms with Gasteiger partial charge in [0, 0.05) is 44.6 Å². The molecule has 0 N–H and O–H groups in total.